The molecule has 1 aromatic heterocycles. The Morgan fingerprint density at radius 1 is 1.11 bits per heavy atom. The number of aryl methyl sites for hydroxylation is 1. The minimum Gasteiger partial charge on any atom is -0.362 e. The van der Waals surface area contributed by atoms with E-state index >= 15 is 0 Å². The van der Waals surface area contributed by atoms with Crippen molar-refractivity contribution in [3.05, 3.63) is 41.2 Å². The van der Waals surface area contributed by atoms with Crippen molar-refractivity contribution < 1.29 is 8.42 Å². The van der Waals surface area contributed by atoms with Crippen LogP contribution in [0.15, 0.2) is 29.2 Å². The van der Waals surface area contributed by atoms with E-state index in [1.807, 2.05) is 13.8 Å². The van der Waals surface area contributed by atoms with Gasteiger partial charge in [-0.3, -0.25) is 4.72 Å². The molecule has 1 aromatic carbocycles. The van der Waals surface area contributed by atoms with Gasteiger partial charge in [0, 0.05) is 19.7 Å². The maximum absolute atomic E-state index is 12.9. The van der Waals surface area contributed by atoms with E-state index in [9.17, 15) is 8.42 Å². The average molecular weight is 466 g/mol. The van der Waals surface area contributed by atoms with Crippen LogP contribution in [0.4, 0.5) is 11.6 Å². The van der Waals surface area contributed by atoms with Gasteiger partial charge in [0.2, 0.25) is 3.79 Å². The first-order valence-electron chi connectivity index (χ1n) is 8.70. The molecule has 0 unspecified atom stereocenters. The Morgan fingerprint density at radius 3 is 2.21 bits per heavy atom. The predicted octanol–water partition coefficient (Wildman–Crippen LogP) is 4.82. The van der Waals surface area contributed by atoms with E-state index in [-0.39, 0.29) is 16.5 Å². The minimum absolute atomic E-state index is 0.0944. The smallest absolute Gasteiger partial charge is 0.263 e. The Kier molecular flexibility index (Phi) is 7.42. The molecule has 28 heavy (non-hydrogen) atoms. The molecule has 0 atom stereocenters. The quantitative estimate of drug-likeness (QED) is 0.593. The molecule has 10 heteroatoms. The molecular weight excluding hydrogens is 443 g/mol. The highest BCUT2D eigenvalue weighted by Gasteiger charge is 2.31. The summed E-state index contributed by atoms with van der Waals surface area (Å²) >= 11 is 17.9. The fourth-order valence-electron chi connectivity index (χ4n) is 2.54. The minimum atomic E-state index is -3.87. The number of anilines is 2. The molecule has 0 radical (unpaired) electrons. The molecule has 0 amide bonds. The molecule has 2 aromatic rings. The summed E-state index contributed by atoms with van der Waals surface area (Å²) in [7, 11) is -0.291. The topological polar surface area (TPSA) is 75.2 Å². The van der Waals surface area contributed by atoms with Gasteiger partial charge in [-0.2, -0.15) is 0 Å². The van der Waals surface area contributed by atoms with Crippen molar-refractivity contribution >= 4 is 56.5 Å². The van der Waals surface area contributed by atoms with E-state index in [0.717, 1.165) is 18.4 Å². The van der Waals surface area contributed by atoms with Crippen LogP contribution >= 0.6 is 34.8 Å². The molecule has 0 aliphatic heterocycles. The number of aromatic nitrogens is 2. The number of rotatable bonds is 7. The van der Waals surface area contributed by atoms with Crippen LogP contribution in [-0.4, -0.2) is 32.5 Å². The molecule has 0 saturated carbocycles. The van der Waals surface area contributed by atoms with Gasteiger partial charge < -0.3 is 4.90 Å². The van der Waals surface area contributed by atoms with Gasteiger partial charge in [-0.15, -0.1) is 0 Å². The lowest BCUT2D eigenvalue weighted by atomic mass is 10.1. The molecule has 0 fully saturated rings. The lowest BCUT2D eigenvalue weighted by Gasteiger charge is -2.22. The van der Waals surface area contributed by atoms with Gasteiger partial charge in [-0.05, 0) is 31.9 Å². The summed E-state index contributed by atoms with van der Waals surface area (Å²) in [5.74, 6) is 0.531. The summed E-state index contributed by atoms with van der Waals surface area (Å²) in [4.78, 5) is 10.5. The number of sulfonamides is 1. The second-order valence-electron chi connectivity index (χ2n) is 6.61. The van der Waals surface area contributed by atoms with Crippen LogP contribution in [0.3, 0.4) is 0 Å². The second-order valence-corrected chi connectivity index (χ2v) is 10.6. The summed E-state index contributed by atoms with van der Waals surface area (Å²) in [5, 5.41) is 0. The zero-order valence-corrected chi connectivity index (χ0v) is 19.2. The highest BCUT2D eigenvalue weighted by Crippen LogP contribution is 2.39. The van der Waals surface area contributed by atoms with Crippen molar-refractivity contribution in [1.29, 1.82) is 0 Å². The summed E-state index contributed by atoms with van der Waals surface area (Å²) < 4.78 is 26.5. The number of nitrogens with one attached hydrogen (secondary N) is 1. The molecule has 0 aliphatic carbocycles. The van der Waals surface area contributed by atoms with Crippen molar-refractivity contribution in [2.75, 3.05) is 23.7 Å². The summed E-state index contributed by atoms with van der Waals surface area (Å²) in [6.45, 7) is 3.93. The van der Waals surface area contributed by atoms with Crippen molar-refractivity contribution in [2.45, 2.75) is 41.8 Å². The molecule has 0 bridgehead atoms. The number of hydrogen-bond acceptors (Lipinski definition) is 5. The predicted molar refractivity (Wildman–Crippen MR) is 116 cm³/mol. The van der Waals surface area contributed by atoms with Crippen LogP contribution in [0.2, 0.25) is 0 Å². The summed E-state index contributed by atoms with van der Waals surface area (Å²) in [6, 6.07) is 6.52. The lowest BCUT2D eigenvalue weighted by molar-refractivity contribution is 0.601. The Bertz CT molecular complexity index is 927. The van der Waals surface area contributed by atoms with Gasteiger partial charge in [-0.25, -0.2) is 18.4 Å². The Hall–Kier alpha value is -1.28. The van der Waals surface area contributed by atoms with Crippen LogP contribution in [0, 0.1) is 6.92 Å². The third kappa shape index (κ3) is 5.63. The third-order valence-electron chi connectivity index (χ3n) is 4.01. The van der Waals surface area contributed by atoms with Gasteiger partial charge in [0.25, 0.3) is 10.0 Å². The van der Waals surface area contributed by atoms with E-state index in [1.165, 1.54) is 12.1 Å². The largest absolute Gasteiger partial charge is 0.362 e. The molecule has 0 aliphatic rings. The highest BCUT2D eigenvalue weighted by atomic mass is 35.6. The molecule has 6 nitrogen and oxygen atoms in total. The number of hydrogen-bond donors (Lipinski definition) is 1. The first-order chi connectivity index (χ1) is 13.0. The van der Waals surface area contributed by atoms with E-state index in [4.69, 9.17) is 34.8 Å². The van der Waals surface area contributed by atoms with E-state index in [2.05, 4.69) is 14.7 Å². The Balaban J connectivity index is 2.61. The molecule has 1 heterocycles. The van der Waals surface area contributed by atoms with Gasteiger partial charge in [0.15, 0.2) is 5.82 Å². The highest BCUT2D eigenvalue weighted by molar-refractivity contribution is 7.92. The maximum atomic E-state index is 12.9. The molecule has 0 saturated heterocycles. The molecule has 154 valence electrons. The standard InChI is InChI=1S/C18H23Cl3N4O2S/c1-5-6-7-14-15(22-17(18(19,20)21)23-16(14)25(3)4)24-28(26,27)13-10-8-12(2)9-11-13/h8-11H,5-7H2,1-4H3,(H,22,23,24). The van der Waals surface area contributed by atoms with Gasteiger partial charge in [0.05, 0.1) is 4.90 Å². The number of nitrogens with zero attached hydrogens (tertiary/aromatic N) is 3. The average Bonchev–Trinajstić information content (AvgIpc) is 2.59. The van der Waals surface area contributed by atoms with Gasteiger partial charge >= 0.3 is 0 Å². The lowest BCUT2D eigenvalue weighted by Crippen LogP contribution is -2.22. The van der Waals surface area contributed by atoms with Crippen molar-refractivity contribution in [2.24, 2.45) is 0 Å². The zero-order valence-electron chi connectivity index (χ0n) is 16.1. The third-order valence-corrected chi connectivity index (χ3v) is 5.87. The molecule has 2 rings (SSSR count). The fourth-order valence-corrected chi connectivity index (χ4v) is 3.83. The van der Waals surface area contributed by atoms with Gasteiger partial charge in [0.1, 0.15) is 11.6 Å². The first-order valence-corrected chi connectivity index (χ1v) is 11.3. The maximum Gasteiger partial charge on any atom is 0.263 e. The van der Waals surface area contributed by atoms with Crippen LogP contribution in [0.1, 0.15) is 36.7 Å². The van der Waals surface area contributed by atoms with Crippen LogP contribution in [0.5, 0.6) is 0 Å². The second kappa shape index (κ2) is 9.03. The zero-order chi connectivity index (χ0) is 21.1. The normalized spacial score (nSPS) is 12.1. The molecular formula is C18H23Cl3N4O2S. The molecule has 1 N–H and O–H groups in total. The summed E-state index contributed by atoms with van der Waals surface area (Å²) in [6.07, 6.45) is 2.33. The SMILES string of the molecule is CCCCc1c(NS(=O)(=O)c2ccc(C)cc2)nc(C(Cl)(Cl)Cl)nc1N(C)C. The fraction of sp³-hybridized carbons (Fsp3) is 0.444. The van der Waals surface area contributed by atoms with Crippen molar-refractivity contribution in [3.8, 4) is 0 Å². The number of alkyl halides is 3. The van der Waals surface area contributed by atoms with Crippen LogP contribution < -0.4 is 9.62 Å². The van der Waals surface area contributed by atoms with Crippen molar-refractivity contribution in [1.82, 2.24) is 9.97 Å². The Labute approximate surface area is 181 Å². The van der Waals surface area contributed by atoms with Crippen molar-refractivity contribution in [3.63, 3.8) is 0 Å². The summed E-state index contributed by atoms with van der Waals surface area (Å²) in [5.41, 5.74) is 1.61. The monoisotopic (exact) mass is 464 g/mol. The van der Waals surface area contributed by atoms with Gasteiger partial charge in [-0.1, -0.05) is 65.8 Å². The Morgan fingerprint density at radius 2 is 1.71 bits per heavy atom. The van der Waals surface area contributed by atoms with E-state index < -0.39 is 13.8 Å². The first kappa shape index (κ1) is 23.0. The number of halogens is 3. The van der Waals surface area contributed by atoms with Crippen LogP contribution in [0.25, 0.3) is 0 Å². The number of unbranched alkanes of at least 4 members (excludes halogenated alkanes) is 1. The van der Waals surface area contributed by atoms with E-state index in [1.54, 1.807) is 31.1 Å². The molecule has 0 spiro atoms. The number of benzene rings is 1. The van der Waals surface area contributed by atoms with E-state index in [0.29, 0.717) is 17.8 Å². The van der Waals surface area contributed by atoms with Crippen LogP contribution in [-0.2, 0) is 20.2 Å².